The second kappa shape index (κ2) is 4.25. The first-order valence-electron chi connectivity index (χ1n) is 5.45. The number of rotatable bonds is 3. The highest BCUT2D eigenvalue weighted by Crippen LogP contribution is 2.40. The van der Waals surface area contributed by atoms with Crippen LogP contribution in [0.1, 0.15) is 6.42 Å². The molecule has 1 heterocycles. The number of carbonyl (C=O) groups excluding carboxylic acids is 2. The van der Waals surface area contributed by atoms with E-state index >= 15 is 0 Å². The van der Waals surface area contributed by atoms with E-state index in [0.717, 1.165) is 0 Å². The lowest BCUT2D eigenvalue weighted by atomic mass is 10.3. The SMILES string of the molecule is CN(C)C(=O)C1CC1C(=O)On1c(O)ccc1O. The molecule has 2 unspecified atom stereocenters. The van der Waals surface area contributed by atoms with E-state index in [2.05, 4.69) is 0 Å². The zero-order valence-electron chi connectivity index (χ0n) is 10.0. The Balaban J connectivity index is 1.98. The Bertz CT molecular complexity index is 474. The number of carbonyl (C=O) groups is 2. The molecule has 0 aliphatic heterocycles. The van der Waals surface area contributed by atoms with Gasteiger partial charge in [0.15, 0.2) is 0 Å². The van der Waals surface area contributed by atoms with Crippen molar-refractivity contribution in [3.63, 3.8) is 0 Å². The van der Waals surface area contributed by atoms with Crippen molar-refractivity contribution < 1.29 is 24.6 Å². The summed E-state index contributed by atoms with van der Waals surface area (Å²) in [5.74, 6) is -2.41. The Morgan fingerprint density at radius 1 is 1.28 bits per heavy atom. The number of aromatic hydroxyl groups is 2. The highest BCUT2D eigenvalue weighted by Gasteiger charge is 2.50. The first-order chi connectivity index (χ1) is 8.41. The summed E-state index contributed by atoms with van der Waals surface area (Å²) in [6, 6.07) is 2.38. The normalized spacial score (nSPS) is 21.4. The third-order valence-electron chi connectivity index (χ3n) is 2.83. The molecular formula is C11H14N2O5. The summed E-state index contributed by atoms with van der Waals surface area (Å²) in [5.41, 5.74) is 0. The number of amides is 1. The molecule has 1 fully saturated rings. The van der Waals surface area contributed by atoms with Gasteiger partial charge in [-0.3, -0.25) is 4.79 Å². The fourth-order valence-corrected chi connectivity index (χ4v) is 1.71. The number of hydrogen-bond acceptors (Lipinski definition) is 5. The van der Waals surface area contributed by atoms with Gasteiger partial charge in [-0.05, 0) is 6.42 Å². The van der Waals surface area contributed by atoms with E-state index < -0.39 is 11.9 Å². The molecule has 0 saturated heterocycles. The van der Waals surface area contributed by atoms with Crippen molar-refractivity contribution in [1.29, 1.82) is 0 Å². The van der Waals surface area contributed by atoms with Gasteiger partial charge in [-0.15, -0.1) is 4.73 Å². The zero-order valence-corrected chi connectivity index (χ0v) is 10.0. The van der Waals surface area contributed by atoms with Gasteiger partial charge in [-0.25, -0.2) is 4.79 Å². The lowest BCUT2D eigenvalue weighted by Gasteiger charge is -2.09. The molecule has 98 valence electrons. The molecule has 1 aromatic heterocycles. The summed E-state index contributed by atoms with van der Waals surface area (Å²) in [6.07, 6.45) is 0.429. The fraction of sp³-hybridized carbons (Fsp3) is 0.455. The Morgan fingerprint density at radius 3 is 2.33 bits per heavy atom. The van der Waals surface area contributed by atoms with Gasteiger partial charge in [-0.1, -0.05) is 0 Å². The van der Waals surface area contributed by atoms with Gasteiger partial charge in [0, 0.05) is 26.2 Å². The molecule has 1 aliphatic carbocycles. The first-order valence-corrected chi connectivity index (χ1v) is 5.45. The van der Waals surface area contributed by atoms with Crippen LogP contribution in [-0.2, 0) is 9.59 Å². The minimum Gasteiger partial charge on any atom is -0.492 e. The van der Waals surface area contributed by atoms with Crippen LogP contribution in [0.5, 0.6) is 11.8 Å². The Morgan fingerprint density at radius 2 is 1.83 bits per heavy atom. The first kappa shape index (κ1) is 12.3. The molecule has 0 aromatic carbocycles. The molecule has 1 saturated carbocycles. The lowest BCUT2D eigenvalue weighted by Crippen LogP contribution is -2.27. The summed E-state index contributed by atoms with van der Waals surface area (Å²) < 4.78 is 0.623. The van der Waals surface area contributed by atoms with E-state index in [1.165, 1.54) is 17.0 Å². The lowest BCUT2D eigenvalue weighted by molar-refractivity contribution is -0.148. The molecule has 7 heteroatoms. The minimum atomic E-state index is -0.642. The molecule has 7 nitrogen and oxygen atoms in total. The summed E-state index contributed by atoms with van der Waals surface area (Å²) in [7, 11) is 3.24. The average Bonchev–Trinajstić information content (AvgIpc) is 3.05. The van der Waals surface area contributed by atoms with E-state index in [1.807, 2.05) is 0 Å². The van der Waals surface area contributed by atoms with Crippen LogP contribution in [-0.4, -0.2) is 45.8 Å². The second-order valence-electron chi connectivity index (χ2n) is 4.44. The van der Waals surface area contributed by atoms with Gasteiger partial charge in [0.1, 0.15) is 0 Å². The number of hydrogen-bond donors (Lipinski definition) is 2. The third-order valence-corrected chi connectivity index (χ3v) is 2.83. The maximum atomic E-state index is 11.7. The molecule has 1 amide bonds. The molecule has 0 bridgehead atoms. The summed E-state index contributed by atoms with van der Waals surface area (Å²) >= 11 is 0. The van der Waals surface area contributed by atoms with Gasteiger partial charge >= 0.3 is 5.97 Å². The van der Waals surface area contributed by atoms with Crippen LogP contribution in [0, 0.1) is 11.8 Å². The minimum absolute atomic E-state index is 0.127. The smallest absolute Gasteiger partial charge is 0.337 e. The molecule has 2 rings (SSSR count). The quantitative estimate of drug-likeness (QED) is 0.764. The third kappa shape index (κ3) is 2.11. The number of nitrogens with zero attached hydrogens (tertiary/aromatic N) is 2. The highest BCUT2D eigenvalue weighted by atomic mass is 16.7. The predicted molar refractivity (Wildman–Crippen MR) is 59.6 cm³/mol. The molecule has 0 spiro atoms. The standard InChI is InChI=1S/C11H14N2O5/c1-12(2)10(16)6-5-7(6)11(17)18-13-8(14)3-4-9(13)15/h3-4,6-7,14-15H,5H2,1-2H3. The van der Waals surface area contributed by atoms with Gasteiger partial charge in [0.2, 0.25) is 17.7 Å². The summed E-state index contributed by atoms with van der Waals surface area (Å²) in [5, 5.41) is 18.6. The fourth-order valence-electron chi connectivity index (χ4n) is 1.71. The van der Waals surface area contributed by atoms with Crippen molar-refractivity contribution in [1.82, 2.24) is 9.63 Å². The molecule has 1 aliphatic rings. The van der Waals surface area contributed by atoms with E-state index in [1.54, 1.807) is 14.1 Å². The van der Waals surface area contributed by atoms with E-state index in [0.29, 0.717) is 11.2 Å². The van der Waals surface area contributed by atoms with Crippen LogP contribution in [0.25, 0.3) is 0 Å². The van der Waals surface area contributed by atoms with Crippen molar-refractivity contribution in [3.8, 4) is 11.8 Å². The largest absolute Gasteiger partial charge is 0.492 e. The monoisotopic (exact) mass is 254 g/mol. The van der Waals surface area contributed by atoms with Gasteiger partial charge < -0.3 is 20.0 Å². The molecule has 0 radical (unpaired) electrons. The number of aromatic nitrogens is 1. The van der Waals surface area contributed by atoms with Crippen molar-refractivity contribution in [2.75, 3.05) is 14.1 Å². The van der Waals surface area contributed by atoms with Crippen LogP contribution in [0.3, 0.4) is 0 Å². The van der Waals surface area contributed by atoms with Gasteiger partial charge in [0.25, 0.3) is 0 Å². The summed E-state index contributed by atoms with van der Waals surface area (Å²) in [4.78, 5) is 29.5. The highest BCUT2D eigenvalue weighted by molar-refractivity contribution is 5.90. The maximum absolute atomic E-state index is 11.7. The van der Waals surface area contributed by atoms with Gasteiger partial charge in [-0.2, -0.15) is 0 Å². The van der Waals surface area contributed by atoms with Crippen molar-refractivity contribution in [3.05, 3.63) is 12.1 Å². The van der Waals surface area contributed by atoms with E-state index in [4.69, 9.17) is 4.84 Å². The maximum Gasteiger partial charge on any atom is 0.337 e. The van der Waals surface area contributed by atoms with E-state index in [-0.39, 0.29) is 23.6 Å². The van der Waals surface area contributed by atoms with Crippen LogP contribution < -0.4 is 4.84 Å². The molecule has 2 atom stereocenters. The molecular weight excluding hydrogens is 240 g/mol. The van der Waals surface area contributed by atoms with Crippen LogP contribution in [0.2, 0.25) is 0 Å². The van der Waals surface area contributed by atoms with Crippen LogP contribution in [0.4, 0.5) is 0 Å². The van der Waals surface area contributed by atoms with Crippen molar-refractivity contribution in [2.24, 2.45) is 11.8 Å². The predicted octanol–water partition coefficient (Wildman–Crippen LogP) is -0.421. The Hall–Kier alpha value is -2.18. The molecule has 18 heavy (non-hydrogen) atoms. The van der Waals surface area contributed by atoms with Crippen molar-refractivity contribution >= 4 is 11.9 Å². The average molecular weight is 254 g/mol. The Labute approximate surface area is 103 Å². The van der Waals surface area contributed by atoms with Crippen LogP contribution in [0.15, 0.2) is 12.1 Å². The zero-order chi connectivity index (χ0) is 13.4. The van der Waals surface area contributed by atoms with E-state index in [9.17, 15) is 19.8 Å². The molecule has 1 aromatic rings. The van der Waals surface area contributed by atoms with Crippen molar-refractivity contribution in [2.45, 2.75) is 6.42 Å². The topological polar surface area (TPSA) is 92.0 Å². The molecule has 2 N–H and O–H groups in total. The Kier molecular flexibility index (Phi) is 2.90. The second-order valence-corrected chi connectivity index (χ2v) is 4.44. The summed E-state index contributed by atoms with van der Waals surface area (Å²) in [6.45, 7) is 0. The van der Waals surface area contributed by atoms with Gasteiger partial charge in [0.05, 0.1) is 11.8 Å². The van der Waals surface area contributed by atoms with Crippen LogP contribution >= 0.6 is 0 Å².